The fourth-order valence-electron chi connectivity index (χ4n) is 4.53. The minimum absolute atomic E-state index is 0.0371. The average molecular weight is 283 g/mol. The van der Waals surface area contributed by atoms with Crippen molar-refractivity contribution in [3.8, 4) is 0 Å². The minimum atomic E-state index is -0.195. The molecule has 0 aliphatic carbocycles. The smallest absolute Gasteiger partial charge is 0.0830 e. The van der Waals surface area contributed by atoms with Crippen molar-refractivity contribution in [2.75, 3.05) is 32.7 Å². The zero-order valence-electron chi connectivity index (χ0n) is 14.2. The van der Waals surface area contributed by atoms with E-state index in [0.717, 1.165) is 32.6 Å². The third-order valence-electron chi connectivity index (χ3n) is 5.48. The third kappa shape index (κ3) is 2.52. The number of rotatable bonds is 3. The van der Waals surface area contributed by atoms with Crippen molar-refractivity contribution in [3.05, 3.63) is 0 Å². The Morgan fingerprint density at radius 1 is 1.20 bits per heavy atom. The molecular formula is C16H33N3O. The van der Waals surface area contributed by atoms with Crippen LogP contribution in [0.4, 0.5) is 0 Å². The summed E-state index contributed by atoms with van der Waals surface area (Å²) in [5.41, 5.74) is 5.95. The van der Waals surface area contributed by atoms with Crippen LogP contribution in [0, 0.1) is 0 Å². The van der Waals surface area contributed by atoms with Crippen LogP contribution in [0.1, 0.15) is 48.0 Å². The number of ether oxygens (including phenoxy) is 1. The Kier molecular flexibility index (Phi) is 4.25. The van der Waals surface area contributed by atoms with E-state index >= 15 is 0 Å². The van der Waals surface area contributed by atoms with Gasteiger partial charge in [-0.3, -0.25) is 9.80 Å². The highest BCUT2D eigenvalue weighted by molar-refractivity contribution is 5.14. The molecular weight excluding hydrogens is 250 g/mol. The molecule has 2 fully saturated rings. The van der Waals surface area contributed by atoms with E-state index in [1.54, 1.807) is 0 Å². The Morgan fingerprint density at radius 2 is 1.85 bits per heavy atom. The van der Waals surface area contributed by atoms with Gasteiger partial charge in [-0.2, -0.15) is 0 Å². The van der Waals surface area contributed by atoms with Gasteiger partial charge in [0.05, 0.1) is 16.7 Å². The largest absolute Gasteiger partial charge is 0.368 e. The van der Waals surface area contributed by atoms with E-state index in [9.17, 15) is 0 Å². The first-order valence-corrected chi connectivity index (χ1v) is 8.07. The minimum Gasteiger partial charge on any atom is -0.368 e. The van der Waals surface area contributed by atoms with Gasteiger partial charge in [-0.1, -0.05) is 6.92 Å². The van der Waals surface area contributed by atoms with Crippen molar-refractivity contribution >= 4 is 0 Å². The van der Waals surface area contributed by atoms with E-state index in [4.69, 9.17) is 10.5 Å². The molecule has 2 rings (SSSR count). The molecule has 0 radical (unpaired) electrons. The second-order valence-corrected chi connectivity index (χ2v) is 7.71. The topological polar surface area (TPSA) is 41.7 Å². The molecule has 2 aliphatic rings. The highest BCUT2D eigenvalue weighted by Gasteiger charge is 2.59. The molecule has 0 saturated carbocycles. The van der Waals surface area contributed by atoms with E-state index in [1.807, 2.05) is 0 Å². The van der Waals surface area contributed by atoms with Crippen molar-refractivity contribution in [1.29, 1.82) is 0 Å². The van der Waals surface area contributed by atoms with E-state index in [1.165, 1.54) is 0 Å². The summed E-state index contributed by atoms with van der Waals surface area (Å²) in [6.07, 6.45) is 1.02. The molecule has 4 nitrogen and oxygen atoms in total. The number of likely N-dealkylation sites (N-methyl/N-ethyl adjacent to an activating group) is 1. The molecule has 4 heteroatoms. The zero-order valence-corrected chi connectivity index (χ0v) is 14.2. The predicted molar refractivity (Wildman–Crippen MR) is 83.9 cm³/mol. The van der Waals surface area contributed by atoms with Crippen LogP contribution in [0.3, 0.4) is 0 Å². The summed E-state index contributed by atoms with van der Waals surface area (Å²) in [6.45, 7) is 18.5. The lowest BCUT2D eigenvalue weighted by Crippen LogP contribution is -2.68. The number of nitrogens with two attached hydrogens (primary N) is 1. The maximum absolute atomic E-state index is 6.35. The fraction of sp³-hybridized carbons (Fsp3) is 1.00. The SMILES string of the molecule is CCN1CCN(C2(CN)CC(C)(C)OC2(C)C)CC1C. The summed E-state index contributed by atoms with van der Waals surface area (Å²) in [7, 11) is 0. The molecule has 2 saturated heterocycles. The molecule has 118 valence electrons. The second-order valence-electron chi connectivity index (χ2n) is 7.71. The molecule has 0 spiro atoms. The van der Waals surface area contributed by atoms with E-state index in [-0.39, 0.29) is 16.7 Å². The first-order chi connectivity index (χ1) is 9.17. The Balaban J connectivity index is 2.24. The van der Waals surface area contributed by atoms with Crippen LogP contribution in [0.15, 0.2) is 0 Å². The molecule has 2 N–H and O–H groups in total. The van der Waals surface area contributed by atoms with Crippen molar-refractivity contribution in [3.63, 3.8) is 0 Å². The second kappa shape index (κ2) is 5.24. The quantitative estimate of drug-likeness (QED) is 0.856. The molecule has 0 aromatic carbocycles. The predicted octanol–water partition coefficient (Wildman–Crippen LogP) is 1.69. The fourth-order valence-corrected chi connectivity index (χ4v) is 4.53. The first-order valence-electron chi connectivity index (χ1n) is 8.07. The lowest BCUT2D eigenvalue weighted by Gasteiger charge is -2.52. The molecule has 2 aliphatic heterocycles. The monoisotopic (exact) mass is 283 g/mol. The van der Waals surface area contributed by atoms with E-state index < -0.39 is 0 Å². The van der Waals surface area contributed by atoms with Gasteiger partial charge in [-0.05, 0) is 47.6 Å². The van der Waals surface area contributed by atoms with Crippen LogP contribution in [0.5, 0.6) is 0 Å². The standard InChI is InChI=1S/C16H33N3O/c1-7-18-8-9-19(10-13(18)2)16(12-17)11-14(3,4)20-15(16,5)6/h13H,7-12,17H2,1-6H3. The summed E-state index contributed by atoms with van der Waals surface area (Å²) >= 11 is 0. The van der Waals surface area contributed by atoms with E-state index in [0.29, 0.717) is 12.6 Å². The molecule has 0 aromatic rings. The summed E-state index contributed by atoms with van der Waals surface area (Å²) in [5.74, 6) is 0. The van der Waals surface area contributed by atoms with Crippen LogP contribution in [0.25, 0.3) is 0 Å². The van der Waals surface area contributed by atoms with Gasteiger partial charge in [-0.15, -0.1) is 0 Å². The number of piperazine rings is 1. The molecule has 2 unspecified atom stereocenters. The van der Waals surface area contributed by atoms with Gasteiger partial charge in [0.2, 0.25) is 0 Å². The van der Waals surface area contributed by atoms with Gasteiger partial charge in [0, 0.05) is 32.2 Å². The maximum Gasteiger partial charge on any atom is 0.0830 e. The lowest BCUT2D eigenvalue weighted by atomic mass is 9.76. The number of nitrogens with zero attached hydrogens (tertiary/aromatic N) is 2. The summed E-state index contributed by atoms with van der Waals surface area (Å²) < 4.78 is 6.35. The van der Waals surface area contributed by atoms with Crippen molar-refractivity contribution in [2.24, 2.45) is 5.73 Å². The Morgan fingerprint density at radius 3 is 2.25 bits per heavy atom. The highest BCUT2D eigenvalue weighted by atomic mass is 16.5. The van der Waals surface area contributed by atoms with Gasteiger partial charge in [-0.25, -0.2) is 0 Å². The highest BCUT2D eigenvalue weighted by Crippen LogP contribution is 2.48. The van der Waals surface area contributed by atoms with Crippen LogP contribution in [0.2, 0.25) is 0 Å². The normalized spacial score (nSPS) is 38.2. The van der Waals surface area contributed by atoms with Gasteiger partial charge in [0.15, 0.2) is 0 Å². The van der Waals surface area contributed by atoms with Crippen LogP contribution in [-0.4, -0.2) is 65.3 Å². The molecule has 2 atom stereocenters. The number of hydrogen-bond acceptors (Lipinski definition) is 4. The van der Waals surface area contributed by atoms with Crippen LogP contribution in [-0.2, 0) is 4.74 Å². The summed E-state index contributed by atoms with van der Waals surface area (Å²) in [5, 5.41) is 0. The van der Waals surface area contributed by atoms with Crippen molar-refractivity contribution in [1.82, 2.24) is 9.80 Å². The van der Waals surface area contributed by atoms with Crippen LogP contribution < -0.4 is 5.73 Å². The van der Waals surface area contributed by atoms with Gasteiger partial charge in [0.25, 0.3) is 0 Å². The van der Waals surface area contributed by atoms with Gasteiger partial charge in [0.1, 0.15) is 0 Å². The molecule has 20 heavy (non-hydrogen) atoms. The Hall–Kier alpha value is -0.160. The molecule has 0 aromatic heterocycles. The van der Waals surface area contributed by atoms with Crippen LogP contribution >= 0.6 is 0 Å². The lowest BCUT2D eigenvalue weighted by molar-refractivity contribution is -0.113. The van der Waals surface area contributed by atoms with Gasteiger partial charge >= 0.3 is 0 Å². The summed E-state index contributed by atoms with van der Waals surface area (Å²) in [4.78, 5) is 5.16. The first kappa shape index (κ1) is 16.2. The zero-order chi connectivity index (χ0) is 15.2. The molecule has 0 amide bonds. The number of hydrogen-bond donors (Lipinski definition) is 1. The molecule has 2 heterocycles. The Labute approximate surface area is 124 Å². The van der Waals surface area contributed by atoms with Crippen molar-refractivity contribution < 1.29 is 4.74 Å². The maximum atomic E-state index is 6.35. The van der Waals surface area contributed by atoms with E-state index in [2.05, 4.69) is 51.3 Å². The van der Waals surface area contributed by atoms with Gasteiger partial charge < -0.3 is 10.5 Å². The molecule has 0 bridgehead atoms. The average Bonchev–Trinajstić information content (AvgIpc) is 2.54. The summed E-state index contributed by atoms with van der Waals surface area (Å²) in [6, 6.07) is 0.594. The van der Waals surface area contributed by atoms with Crippen molar-refractivity contribution in [2.45, 2.75) is 70.7 Å². The third-order valence-corrected chi connectivity index (χ3v) is 5.48. The Bertz CT molecular complexity index is 356.